The van der Waals surface area contributed by atoms with Gasteiger partial charge in [0, 0.05) is 11.6 Å². The highest BCUT2D eigenvalue weighted by molar-refractivity contribution is 7.89. The minimum absolute atomic E-state index is 0.192. The van der Waals surface area contributed by atoms with Crippen molar-refractivity contribution in [2.75, 3.05) is 13.7 Å². The summed E-state index contributed by atoms with van der Waals surface area (Å²) in [4.78, 5) is 23.4. The molecule has 0 bridgehead atoms. The lowest BCUT2D eigenvalue weighted by Crippen LogP contribution is -2.28. The van der Waals surface area contributed by atoms with Crippen LogP contribution in [0.15, 0.2) is 47.4 Å². The van der Waals surface area contributed by atoms with Crippen LogP contribution < -0.4 is 10.0 Å². The lowest BCUT2D eigenvalue weighted by molar-refractivity contribution is -0.124. The first kappa shape index (κ1) is 20.8. The van der Waals surface area contributed by atoms with Gasteiger partial charge in [0.15, 0.2) is 6.61 Å². The molecule has 7 nitrogen and oxygen atoms in total. The molecule has 0 spiro atoms. The van der Waals surface area contributed by atoms with E-state index in [-0.39, 0.29) is 11.4 Å². The van der Waals surface area contributed by atoms with Gasteiger partial charge in [-0.15, -0.1) is 0 Å². The quantitative estimate of drug-likeness (QED) is 0.673. The summed E-state index contributed by atoms with van der Waals surface area (Å²) in [6.07, 6.45) is 0. The van der Waals surface area contributed by atoms with E-state index >= 15 is 0 Å². The molecule has 0 heterocycles. The molecule has 1 amide bonds. The van der Waals surface area contributed by atoms with Gasteiger partial charge in [0.25, 0.3) is 5.91 Å². The van der Waals surface area contributed by atoms with Gasteiger partial charge < -0.3 is 10.1 Å². The molecule has 0 saturated heterocycles. The van der Waals surface area contributed by atoms with E-state index in [9.17, 15) is 22.4 Å². The number of hydrogen-bond donors (Lipinski definition) is 2. The van der Waals surface area contributed by atoms with E-state index in [1.807, 2.05) is 0 Å². The van der Waals surface area contributed by atoms with Gasteiger partial charge in [0.1, 0.15) is 5.82 Å². The number of halogens is 2. The Hall–Kier alpha value is -2.49. The van der Waals surface area contributed by atoms with Crippen molar-refractivity contribution in [3.8, 4) is 0 Å². The molecule has 0 aliphatic rings. The number of hydrogen-bond acceptors (Lipinski definition) is 5. The average Bonchev–Trinajstić information content (AvgIpc) is 2.65. The van der Waals surface area contributed by atoms with Gasteiger partial charge >= 0.3 is 5.97 Å². The van der Waals surface area contributed by atoms with Crippen LogP contribution >= 0.6 is 11.6 Å². The van der Waals surface area contributed by atoms with Crippen LogP contribution in [0.3, 0.4) is 0 Å². The Morgan fingerprint density at radius 2 is 1.81 bits per heavy atom. The first-order valence-electron chi connectivity index (χ1n) is 7.64. The Kier molecular flexibility index (Phi) is 6.89. The maximum Gasteiger partial charge on any atom is 0.341 e. The van der Waals surface area contributed by atoms with Crippen molar-refractivity contribution in [2.24, 2.45) is 0 Å². The number of esters is 1. The fourth-order valence-electron chi connectivity index (χ4n) is 2.01. The molecule has 0 radical (unpaired) electrons. The minimum Gasteiger partial charge on any atom is -0.452 e. The average molecular weight is 415 g/mol. The fraction of sp³-hybridized carbons (Fsp3) is 0.176. The van der Waals surface area contributed by atoms with Crippen LogP contribution in [0.2, 0.25) is 5.02 Å². The summed E-state index contributed by atoms with van der Waals surface area (Å²) < 4.78 is 44.1. The Balaban J connectivity index is 1.96. The molecule has 2 aromatic rings. The van der Waals surface area contributed by atoms with Crippen LogP contribution in [-0.2, 0) is 26.1 Å². The van der Waals surface area contributed by atoms with Crippen molar-refractivity contribution in [1.29, 1.82) is 0 Å². The number of rotatable bonds is 7. The third kappa shape index (κ3) is 5.75. The molecular formula is C17H16ClFN2O5S. The maximum absolute atomic E-state index is 13.8. The fourth-order valence-corrected chi connectivity index (χ4v) is 2.89. The van der Waals surface area contributed by atoms with Crippen molar-refractivity contribution in [2.45, 2.75) is 11.4 Å². The zero-order valence-corrected chi connectivity index (χ0v) is 15.7. The monoisotopic (exact) mass is 414 g/mol. The van der Waals surface area contributed by atoms with Crippen LogP contribution in [-0.4, -0.2) is 33.9 Å². The zero-order valence-electron chi connectivity index (χ0n) is 14.2. The maximum atomic E-state index is 13.8. The molecule has 10 heteroatoms. The highest BCUT2D eigenvalue weighted by Crippen LogP contribution is 2.16. The van der Waals surface area contributed by atoms with E-state index in [2.05, 4.69) is 10.0 Å². The molecule has 2 N–H and O–H groups in total. The van der Waals surface area contributed by atoms with Crippen molar-refractivity contribution < 1.29 is 27.1 Å². The Bertz CT molecular complexity index is 948. The van der Waals surface area contributed by atoms with Gasteiger partial charge in [0.05, 0.1) is 10.5 Å². The van der Waals surface area contributed by atoms with Gasteiger partial charge in [-0.25, -0.2) is 22.3 Å². The molecular weight excluding hydrogens is 399 g/mol. The first-order valence-corrected chi connectivity index (χ1v) is 9.50. The van der Waals surface area contributed by atoms with Gasteiger partial charge in [0.2, 0.25) is 10.0 Å². The molecule has 0 aliphatic heterocycles. The summed E-state index contributed by atoms with van der Waals surface area (Å²) in [5, 5.41) is 3.08. The molecule has 0 fully saturated rings. The van der Waals surface area contributed by atoms with Crippen molar-refractivity contribution in [3.63, 3.8) is 0 Å². The normalized spacial score (nSPS) is 11.1. The Morgan fingerprint density at radius 1 is 1.15 bits per heavy atom. The second-order valence-corrected chi connectivity index (χ2v) is 7.65. The second-order valence-electron chi connectivity index (χ2n) is 5.33. The van der Waals surface area contributed by atoms with E-state index in [1.165, 1.54) is 7.05 Å². The summed E-state index contributed by atoms with van der Waals surface area (Å²) in [6.45, 7) is -0.452. The van der Waals surface area contributed by atoms with E-state index < -0.39 is 39.9 Å². The number of amides is 1. The van der Waals surface area contributed by atoms with Crippen LogP contribution in [0.5, 0.6) is 0 Å². The number of benzene rings is 2. The molecule has 0 unspecified atom stereocenters. The van der Waals surface area contributed by atoms with Gasteiger partial charge in [-0.1, -0.05) is 23.7 Å². The molecule has 0 aliphatic carbocycles. The lowest BCUT2D eigenvalue weighted by atomic mass is 10.2. The predicted octanol–water partition coefficient (Wildman–Crippen LogP) is 1.86. The largest absolute Gasteiger partial charge is 0.452 e. The van der Waals surface area contributed by atoms with E-state index in [0.717, 1.165) is 23.8 Å². The summed E-state index contributed by atoms with van der Waals surface area (Å²) in [7, 11) is -2.68. The van der Waals surface area contributed by atoms with Crippen LogP contribution in [0.25, 0.3) is 0 Å². The lowest BCUT2D eigenvalue weighted by Gasteiger charge is -2.09. The standard InChI is InChI=1S/C17H16ClFN2O5S/c1-20-27(24,25)13-6-7-15(19)14(8-13)17(23)26-10-16(22)21-9-11-2-4-12(18)5-3-11/h2-8,20H,9-10H2,1H3,(H,21,22). The second kappa shape index (κ2) is 8.94. The van der Waals surface area contributed by atoms with E-state index in [4.69, 9.17) is 16.3 Å². The van der Waals surface area contributed by atoms with Crippen molar-refractivity contribution in [3.05, 3.63) is 64.4 Å². The summed E-state index contributed by atoms with van der Waals surface area (Å²) >= 11 is 5.76. The van der Waals surface area contributed by atoms with Gasteiger partial charge in [-0.05, 0) is 42.9 Å². The Morgan fingerprint density at radius 3 is 2.44 bits per heavy atom. The topological polar surface area (TPSA) is 102 Å². The number of carbonyl (C=O) groups excluding carboxylic acids is 2. The number of sulfonamides is 1. The molecule has 2 rings (SSSR count). The molecule has 0 atom stereocenters. The molecule has 2 aromatic carbocycles. The van der Waals surface area contributed by atoms with E-state index in [1.54, 1.807) is 24.3 Å². The third-order valence-corrected chi connectivity index (χ3v) is 5.14. The summed E-state index contributed by atoms with van der Waals surface area (Å²) in [6, 6.07) is 9.46. The first-order chi connectivity index (χ1) is 12.7. The molecule has 0 saturated carbocycles. The number of carbonyl (C=O) groups is 2. The highest BCUT2D eigenvalue weighted by Gasteiger charge is 2.20. The SMILES string of the molecule is CNS(=O)(=O)c1ccc(F)c(C(=O)OCC(=O)NCc2ccc(Cl)cc2)c1. The van der Waals surface area contributed by atoms with Crippen LogP contribution in [0, 0.1) is 5.82 Å². The van der Waals surface area contributed by atoms with Crippen LogP contribution in [0.4, 0.5) is 4.39 Å². The molecule has 27 heavy (non-hydrogen) atoms. The molecule has 144 valence electrons. The van der Waals surface area contributed by atoms with Gasteiger partial charge in [-0.3, -0.25) is 4.79 Å². The number of ether oxygens (including phenoxy) is 1. The summed E-state index contributed by atoms with van der Waals surface area (Å²) in [5.41, 5.74) is 0.201. The smallest absolute Gasteiger partial charge is 0.341 e. The predicted molar refractivity (Wildman–Crippen MR) is 96.2 cm³/mol. The van der Waals surface area contributed by atoms with E-state index in [0.29, 0.717) is 5.02 Å². The highest BCUT2D eigenvalue weighted by atomic mass is 35.5. The Labute approximate surface area is 160 Å². The summed E-state index contributed by atoms with van der Waals surface area (Å²) in [5.74, 6) is -2.71. The van der Waals surface area contributed by atoms with Crippen molar-refractivity contribution >= 4 is 33.5 Å². The zero-order chi connectivity index (χ0) is 20.0. The van der Waals surface area contributed by atoms with Gasteiger partial charge in [-0.2, -0.15) is 0 Å². The van der Waals surface area contributed by atoms with Crippen molar-refractivity contribution in [1.82, 2.24) is 10.0 Å². The third-order valence-electron chi connectivity index (χ3n) is 3.47. The minimum atomic E-state index is -3.86. The van der Waals surface area contributed by atoms with Crippen LogP contribution in [0.1, 0.15) is 15.9 Å². The molecule has 0 aromatic heterocycles. The number of nitrogens with one attached hydrogen (secondary N) is 2.